The molecule has 1 N–H and O–H groups in total. The number of aliphatic hydroxyl groups excluding tert-OH is 1. The molecule has 4 nitrogen and oxygen atoms in total. The van der Waals surface area contributed by atoms with Crippen molar-refractivity contribution >= 4 is 5.65 Å². The first kappa shape index (κ1) is 7.94. The van der Waals surface area contributed by atoms with Gasteiger partial charge in [0.15, 0.2) is 5.65 Å². The molecule has 2 heterocycles. The van der Waals surface area contributed by atoms with Crippen molar-refractivity contribution in [3.05, 3.63) is 30.2 Å². The number of rotatable bonds is 2. The van der Waals surface area contributed by atoms with Gasteiger partial charge in [0.1, 0.15) is 0 Å². The van der Waals surface area contributed by atoms with E-state index >= 15 is 0 Å². The molecule has 0 bridgehead atoms. The molecule has 0 radical (unpaired) electrons. The zero-order valence-corrected chi connectivity index (χ0v) is 7.72. The summed E-state index contributed by atoms with van der Waals surface area (Å²) in [5.74, 6) is 0. The topological polar surface area (TPSA) is 50.4 Å². The van der Waals surface area contributed by atoms with Gasteiger partial charge in [-0.05, 0) is 18.9 Å². The fraction of sp³-hybridized carbons (Fsp3) is 0.400. The van der Waals surface area contributed by atoms with E-state index in [0.717, 1.165) is 24.2 Å². The average molecular weight is 189 g/mol. The molecule has 1 fully saturated rings. The Morgan fingerprint density at radius 1 is 1.50 bits per heavy atom. The van der Waals surface area contributed by atoms with Gasteiger partial charge in [0, 0.05) is 23.9 Å². The molecule has 0 amide bonds. The van der Waals surface area contributed by atoms with Crippen molar-refractivity contribution in [1.82, 2.24) is 14.6 Å². The van der Waals surface area contributed by atoms with Crippen molar-refractivity contribution in [2.45, 2.75) is 18.3 Å². The zero-order chi connectivity index (χ0) is 9.60. The molecule has 0 aromatic carbocycles. The van der Waals surface area contributed by atoms with Crippen LogP contribution in [0.2, 0.25) is 0 Å². The lowest BCUT2D eigenvalue weighted by atomic mass is 10.1. The summed E-state index contributed by atoms with van der Waals surface area (Å²) in [6, 6.07) is 3.81. The Labute approximate surface area is 81.2 Å². The highest BCUT2D eigenvalue weighted by molar-refractivity contribution is 5.42. The van der Waals surface area contributed by atoms with Crippen molar-refractivity contribution in [3.63, 3.8) is 0 Å². The van der Waals surface area contributed by atoms with Gasteiger partial charge in [-0.2, -0.15) is 5.10 Å². The highest BCUT2D eigenvalue weighted by Gasteiger charge is 2.45. The number of hydrogen-bond donors (Lipinski definition) is 1. The van der Waals surface area contributed by atoms with Crippen molar-refractivity contribution < 1.29 is 5.11 Å². The second-order valence-corrected chi connectivity index (χ2v) is 3.89. The van der Waals surface area contributed by atoms with Gasteiger partial charge in [-0.25, -0.2) is 9.50 Å². The molecule has 2 aromatic heterocycles. The highest BCUT2D eigenvalue weighted by atomic mass is 16.3. The molecule has 1 aliphatic carbocycles. The van der Waals surface area contributed by atoms with Gasteiger partial charge in [0.25, 0.3) is 0 Å². The minimum absolute atomic E-state index is 0.0618. The van der Waals surface area contributed by atoms with Crippen LogP contribution >= 0.6 is 0 Å². The molecule has 3 rings (SSSR count). The van der Waals surface area contributed by atoms with Gasteiger partial charge in [0.2, 0.25) is 0 Å². The van der Waals surface area contributed by atoms with E-state index in [2.05, 4.69) is 10.1 Å². The van der Waals surface area contributed by atoms with E-state index in [1.165, 1.54) is 0 Å². The maximum Gasteiger partial charge on any atom is 0.155 e. The Morgan fingerprint density at radius 2 is 2.36 bits per heavy atom. The van der Waals surface area contributed by atoms with E-state index in [1.807, 2.05) is 18.3 Å². The van der Waals surface area contributed by atoms with Gasteiger partial charge in [-0.3, -0.25) is 0 Å². The Bertz CT molecular complexity index is 440. The monoisotopic (exact) mass is 189 g/mol. The second kappa shape index (κ2) is 2.54. The second-order valence-electron chi connectivity index (χ2n) is 3.89. The largest absolute Gasteiger partial charge is 0.395 e. The van der Waals surface area contributed by atoms with E-state index < -0.39 is 0 Å². The van der Waals surface area contributed by atoms with E-state index in [4.69, 9.17) is 0 Å². The maximum absolute atomic E-state index is 9.27. The number of fused-ring (bicyclic) bond motifs is 1. The lowest BCUT2D eigenvalue weighted by Crippen LogP contribution is -2.12. The third-order valence-corrected chi connectivity index (χ3v) is 2.94. The predicted octanol–water partition coefficient (Wildman–Crippen LogP) is 0.753. The Balaban J connectivity index is 2.15. The molecule has 2 aromatic rings. The van der Waals surface area contributed by atoms with Crippen LogP contribution in [0.3, 0.4) is 0 Å². The maximum atomic E-state index is 9.27. The Morgan fingerprint density at radius 3 is 3.00 bits per heavy atom. The predicted molar refractivity (Wildman–Crippen MR) is 51.0 cm³/mol. The number of aliphatic hydroxyl groups is 1. The summed E-state index contributed by atoms with van der Waals surface area (Å²) in [7, 11) is 0. The van der Waals surface area contributed by atoms with Crippen LogP contribution in [0.5, 0.6) is 0 Å². The van der Waals surface area contributed by atoms with Crippen LogP contribution < -0.4 is 0 Å². The lowest BCUT2D eigenvalue weighted by Gasteiger charge is -2.05. The summed E-state index contributed by atoms with van der Waals surface area (Å²) >= 11 is 0. The fourth-order valence-corrected chi connectivity index (χ4v) is 1.74. The van der Waals surface area contributed by atoms with Crippen molar-refractivity contribution in [2.75, 3.05) is 6.61 Å². The third kappa shape index (κ3) is 0.974. The highest BCUT2D eigenvalue weighted by Crippen LogP contribution is 2.46. The lowest BCUT2D eigenvalue weighted by molar-refractivity contribution is 0.252. The van der Waals surface area contributed by atoms with Gasteiger partial charge in [0.05, 0.1) is 12.3 Å². The standard InChI is InChI=1S/C10H11N3O/c14-7-10(2-3-10)8-6-9-11-4-1-5-13(9)12-8/h1,4-6,14H,2-3,7H2. The van der Waals surface area contributed by atoms with Crippen molar-refractivity contribution in [1.29, 1.82) is 0 Å². The van der Waals surface area contributed by atoms with Crippen LogP contribution in [0.1, 0.15) is 18.5 Å². The zero-order valence-electron chi connectivity index (χ0n) is 7.72. The van der Waals surface area contributed by atoms with Crippen LogP contribution in [-0.2, 0) is 5.41 Å². The SMILES string of the molecule is OCC1(c2cc3ncccn3n2)CC1. The number of aromatic nitrogens is 3. The van der Waals surface area contributed by atoms with Gasteiger partial charge >= 0.3 is 0 Å². The molecule has 0 aliphatic heterocycles. The molecule has 0 unspecified atom stereocenters. The van der Waals surface area contributed by atoms with E-state index in [0.29, 0.717) is 0 Å². The molecule has 1 saturated carbocycles. The molecule has 4 heteroatoms. The summed E-state index contributed by atoms with van der Waals surface area (Å²) in [5, 5.41) is 13.7. The van der Waals surface area contributed by atoms with Crippen molar-refractivity contribution in [3.8, 4) is 0 Å². The summed E-state index contributed by atoms with van der Waals surface area (Å²) in [4.78, 5) is 4.20. The average Bonchev–Trinajstić information content (AvgIpc) is 2.91. The number of nitrogens with zero attached hydrogens (tertiary/aromatic N) is 3. The first-order valence-electron chi connectivity index (χ1n) is 4.76. The number of hydrogen-bond acceptors (Lipinski definition) is 3. The van der Waals surface area contributed by atoms with Gasteiger partial charge in [-0.15, -0.1) is 0 Å². The molecule has 72 valence electrons. The first-order valence-corrected chi connectivity index (χ1v) is 4.76. The van der Waals surface area contributed by atoms with E-state index in [9.17, 15) is 5.11 Å². The summed E-state index contributed by atoms with van der Waals surface area (Å²) in [6.45, 7) is 0.191. The van der Waals surface area contributed by atoms with Crippen LogP contribution in [0, 0.1) is 0 Å². The minimum Gasteiger partial charge on any atom is -0.395 e. The summed E-state index contributed by atoms with van der Waals surface area (Å²) in [6.07, 6.45) is 5.69. The van der Waals surface area contributed by atoms with E-state index in [1.54, 1.807) is 10.7 Å². The van der Waals surface area contributed by atoms with Crippen LogP contribution in [0.4, 0.5) is 0 Å². The van der Waals surface area contributed by atoms with Crippen LogP contribution in [0.25, 0.3) is 5.65 Å². The smallest absolute Gasteiger partial charge is 0.155 e. The molecule has 0 spiro atoms. The first-order chi connectivity index (χ1) is 6.84. The van der Waals surface area contributed by atoms with Gasteiger partial charge < -0.3 is 5.11 Å². The molecule has 14 heavy (non-hydrogen) atoms. The summed E-state index contributed by atoms with van der Waals surface area (Å²) < 4.78 is 1.76. The summed E-state index contributed by atoms with van der Waals surface area (Å²) in [5.41, 5.74) is 1.76. The normalized spacial score (nSPS) is 18.6. The van der Waals surface area contributed by atoms with Gasteiger partial charge in [-0.1, -0.05) is 0 Å². The third-order valence-electron chi connectivity index (χ3n) is 2.94. The molecule has 1 aliphatic rings. The molecular weight excluding hydrogens is 178 g/mol. The quantitative estimate of drug-likeness (QED) is 0.758. The molecule has 0 saturated heterocycles. The van der Waals surface area contributed by atoms with Crippen LogP contribution in [-0.4, -0.2) is 26.3 Å². The molecular formula is C10H11N3O. The van der Waals surface area contributed by atoms with E-state index in [-0.39, 0.29) is 12.0 Å². The van der Waals surface area contributed by atoms with Crippen molar-refractivity contribution in [2.24, 2.45) is 0 Å². The van der Waals surface area contributed by atoms with Crippen LogP contribution in [0.15, 0.2) is 24.5 Å². The minimum atomic E-state index is -0.0618. The molecule has 0 atom stereocenters. The Kier molecular flexibility index (Phi) is 1.44. The fourth-order valence-electron chi connectivity index (χ4n) is 1.74. The Hall–Kier alpha value is -1.42.